The van der Waals surface area contributed by atoms with Crippen LogP contribution >= 0.6 is 0 Å². The van der Waals surface area contributed by atoms with Crippen molar-refractivity contribution in [3.63, 3.8) is 0 Å². The molecule has 0 unspecified atom stereocenters. The zero-order valence-electron chi connectivity index (χ0n) is 12.4. The summed E-state index contributed by atoms with van der Waals surface area (Å²) in [6, 6.07) is 3.31. The molecular weight excluding hydrogens is 258 g/mol. The summed E-state index contributed by atoms with van der Waals surface area (Å²) in [5.41, 5.74) is -0.0456. The van der Waals surface area contributed by atoms with Gasteiger partial charge in [0.2, 0.25) is 0 Å². The Morgan fingerprint density at radius 1 is 1.25 bits per heavy atom. The lowest BCUT2D eigenvalue weighted by atomic mass is 10.2. The number of ketones is 1. The number of pyridine rings is 1. The molecule has 0 N–H and O–H groups in total. The smallest absolute Gasteiger partial charge is 0.306 e. The van der Waals surface area contributed by atoms with Gasteiger partial charge in [-0.1, -0.05) is 0 Å². The molecule has 0 atom stereocenters. The number of aromatic nitrogens is 1. The van der Waals surface area contributed by atoms with E-state index in [1.807, 2.05) is 20.8 Å². The van der Waals surface area contributed by atoms with E-state index in [2.05, 4.69) is 4.98 Å². The molecule has 0 amide bonds. The molecule has 0 spiro atoms. The fourth-order valence-corrected chi connectivity index (χ4v) is 1.47. The molecule has 0 aliphatic carbocycles. The molecule has 0 saturated heterocycles. The lowest BCUT2D eigenvalue weighted by molar-refractivity contribution is -0.155. The summed E-state index contributed by atoms with van der Waals surface area (Å²) in [6.45, 7) is 7.38. The first-order valence-electron chi connectivity index (χ1n) is 6.59. The summed E-state index contributed by atoms with van der Waals surface area (Å²) in [4.78, 5) is 26.5. The summed E-state index contributed by atoms with van der Waals surface area (Å²) in [5.74, 6) is 0.270. The van der Waals surface area contributed by atoms with Crippen molar-refractivity contribution >= 4 is 11.8 Å². The van der Waals surface area contributed by atoms with Gasteiger partial charge in [0.05, 0.1) is 12.8 Å². The maximum absolute atomic E-state index is 11.5. The van der Waals surface area contributed by atoms with Gasteiger partial charge >= 0.3 is 5.97 Å². The summed E-state index contributed by atoms with van der Waals surface area (Å²) < 4.78 is 10.6. The molecule has 1 rings (SSSR count). The first-order valence-corrected chi connectivity index (χ1v) is 6.59. The largest absolute Gasteiger partial charge is 0.492 e. The van der Waals surface area contributed by atoms with Crippen LogP contribution in [0.1, 0.15) is 51.0 Å². The van der Waals surface area contributed by atoms with Crippen LogP contribution in [0.4, 0.5) is 0 Å². The SMILES string of the molecule is CC(=O)c1ccc(OCCCC(=O)OC(C)(C)C)cn1. The van der Waals surface area contributed by atoms with Crippen molar-refractivity contribution < 1.29 is 19.1 Å². The van der Waals surface area contributed by atoms with E-state index in [-0.39, 0.29) is 11.8 Å². The number of rotatable bonds is 6. The average molecular weight is 279 g/mol. The van der Waals surface area contributed by atoms with Gasteiger partial charge in [0.25, 0.3) is 0 Å². The van der Waals surface area contributed by atoms with E-state index in [1.165, 1.54) is 13.1 Å². The second-order valence-electron chi connectivity index (χ2n) is 5.47. The van der Waals surface area contributed by atoms with Gasteiger partial charge in [-0.3, -0.25) is 9.59 Å². The summed E-state index contributed by atoms with van der Waals surface area (Å²) in [7, 11) is 0. The minimum Gasteiger partial charge on any atom is -0.492 e. The van der Waals surface area contributed by atoms with E-state index in [9.17, 15) is 9.59 Å². The maximum atomic E-state index is 11.5. The number of ether oxygens (including phenoxy) is 2. The zero-order chi connectivity index (χ0) is 15.2. The molecule has 1 aromatic heterocycles. The van der Waals surface area contributed by atoms with Crippen LogP contribution in [0.3, 0.4) is 0 Å². The molecule has 20 heavy (non-hydrogen) atoms. The number of nitrogens with zero attached hydrogens (tertiary/aromatic N) is 1. The molecule has 110 valence electrons. The van der Waals surface area contributed by atoms with Crippen LogP contribution in [0, 0.1) is 0 Å². The van der Waals surface area contributed by atoms with Gasteiger partial charge in [-0.25, -0.2) is 4.98 Å². The Kier molecular flexibility index (Phi) is 5.67. The lowest BCUT2D eigenvalue weighted by Crippen LogP contribution is -2.23. The molecule has 0 bridgehead atoms. The predicted molar refractivity (Wildman–Crippen MR) is 74.8 cm³/mol. The minimum absolute atomic E-state index is 0.0820. The molecule has 0 aromatic carbocycles. The lowest BCUT2D eigenvalue weighted by Gasteiger charge is -2.19. The fraction of sp³-hybridized carbons (Fsp3) is 0.533. The highest BCUT2D eigenvalue weighted by molar-refractivity contribution is 5.92. The second-order valence-corrected chi connectivity index (χ2v) is 5.47. The molecule has 1 heterocycles. The van der Waals surface area contributed by atoms with E-state index in [0.717, 1.165) is 0 Å². The van der Waals surface area contributed by atoms with Gasteiger partial charge in [0.1, 0.15) is 17.0 Å². The van der Waals surface area contributed by atoms with Crippen molar-refractivity contribution in [3.8, 4) is 5.75 Å². The summed E-state index contributed by atoms with van der Waals surface area (Å²) >= 11 is 0. The molecule has 0 radical (unpaired) electrons. The number of carbonyl (C=O) groups is 2. The number of Topliss-reactive ketones (excluding diaryl/α,β-unsaturated/α-hetero) is 1. The van der Waals surface area contributed by atoms with Crippen LogP contribution in [0.5, 0.6) is 5.75 Å². The van der Waals surface area contributed by atoms with E-state index >= 15 is 0 Å². The molecule has 1 aromatic rings. The van der Waals surface area contributed by atoms with E-state index in [4.69, 9.17) is 9.47 Å². The Labute approximate surface area is 119 Å². The van der Waals surface area contributed by atoms with Crippen LogP contribution < -0.4 is 4.74 Å². The van der Waals surface area contributed by atoms with E-state index < -0.39 is 5.60 Å². The highest BCUT2D eigenvalue weighted by Crippen LogP contribution is 2.12. The predicted octanol–water partition coefficient (Wildman–Crippen LogP) is 2.78. The average Bonchev–Trinajstić information content (AvgIpc) is 2.33. The van der Waals surface area contributed by atoms with Crippen molar-refractivity contribution in [2.24, 2.45) is 0 Å². The van der Waals surface area contributed by atoms with Gasteiger partial charge in [-0.15, -0.1) is 0 Å². The van der Waals surface area contributed by atoms with Gasteiger partial charge in [-0.2, -0.15) is 0 Å². The van der Waals surface area contributed by atoms with Crippen LogP contribution in [-0.4, -0.2) is 28.9 Å². The van der Waals surface area contributed by atoms with Crippen molar-refractivity contribution in [3.05, 3.63) is 24.0 Å². The molecule has 0 saturated carbocycles. The van der Waals surface area contributed by atoms with Crippen LogP contribution in [0.25, 0.3) is 0 Å². The Balaban J connectivity index is 2.27. The van der Waals surface area contributed by atoms with Gasteiger partial charge in [-0.05, 0) is 39.3 Å². The highest BCUT2D eigenvalue weighted by atomic mass is 16.6. The standard InChI is InChI=1S/C15H21NO4/c1-11(17)13-8-7-12(10-16-13)19-9-5-6-14(18)20-15(2,3)4/h7-8,10H,5-6,9H2,1-4H3. The molecular formula is C15H21NO4. The number of hydrogen-bond acceptors (Lipinski definition) is 5. The van der Waals surface area contributed by atoms with Crippen molar-refractivity contribution in [2.75, 3.05) is 6.61 Å². The summed E-state index contributed by atoms with van der Waals surface area (Å²) in [6.07, 6.45) is 2.39. The van der Waals surface area contributed by atoms with Crippen molar-refractivity contribution in [1.29, 1.82) is 0 Å². The minimum atomic E-state index is -0.454. The van der Waals surface area contributed by atoms with Crippen molar-refractivity contribution in [2.45, 2.75) is 46.1 Å². The third kappa shape index (κ3) is 6.31. The Morgan fingerprint density at radius 2 is 1.95 bits per heavy atom. The first-order chi connectivity index (χ1) is 9.28. The van der Waals surface area contributed by atoms with Crippen LogP contribution in [0.15, 0.2) is 18.3 Å². The zero-order valence-corrected chi connectivity index (χ0v) is 12.4. The first kappa shape index (κ1) is 16.1. The molecule has 0 fully saturated rings. The molecule has 0 aliphatic rings. The number of esters is 1. The van der Waals surface area contributed by atoms with Gasteiger partial charge < -0.3 is 9.47 Å². The normalized spacial score (nSPS) is 11.0. The highest BCUT2D eigenvalue weighted by Gasteiger charge is 2.15. The monoisotopic (exact) mass is 279 g/mol. The third-order valence-electron chi connectivity index (χ3n) is 2.31. The van der Waals surface area contributed by atoms with E-state index in [0.29, 0.717) is 30.9 Å². The van der Waals surface area contributed by atoms with Crippen molar-refractivity contribution in [1.82, 2.24) is 4.98 Å². The Bertz CT molecular complexity index is 460. The molecule has 0 aliphatic heterocycles. The van der Waals surface area contributed by atoms with Crippen LogP contribution in [-0.2, 0) is 9.53 Å². The summed E-state index contributed by atoms with van der Waals surface area (Å²) in [5, 5.41) is 0. The Morgan fingerprint density at radius 3 is 2.45 bits per heavy atom. The number of carbonyl (C=O) groups excluding carboxylic acids is 2. The molecule has 5 nitrogen and oxygen atoms in total. The molecule has 5 heteroatoms. The Hall–Kier alpha value is -1.91. The quantitative estimate of drug-likeness (QED) is 0.455. The van der Waals surface area contributed by atoms with Gasteiger partial charge in [0.15, 0.2) is 5.78 Å². The second kappa shape index (κ2) is 7.03. The third-order valence-corrected chi connectivity index (χ3v) is 2.31. The fourth-order valence-electron chi connectivity index (χ4n) is 1.47. The maximum Gasteiger partial charge on any atom is 0.306 e. The van der Waals surface area contributed by atoms with Crippen LogP contribution in [0.2, 0.25) is 0 Å². The van der Waals surface area contributed by atoms with E-state index in [1.54, 1.807) is 12.1 Å². The van der Waals surface area contributed by atoms with Gasteiger partial charge in [0, 0.05) is 13.3 Å². The number of hydrogen-bond donors (Lipinski definition) is 0. The topological polar surface area (TPSA) is 65.5 Å².